The summed E-state index contributed by atoms with van der Waals surface area (Å²) in [5.41, 5.74) is -0.346. The molecule has 10 nitrogen and oxygen atoms in total. The van der Waals surface area contributed by atoms with E-state index in [0.717, 1.165) is 28.8 Å². The number of carboxylic acid groups (broad SMARTS) is 1. The predicted octanol–water partition coefficient (Wildman–Crippen LogP) is 4.16. The van der Waals surface area contributed by atoms with Crippen molar-refractivity contribution in [2.75, 3.05) is 20.3 Å². The molecule has 5 rings (SSSR count). The number of hydrogen-bond donors (Lipinski definition) is 2. The Balaban J connectivity index is 1.68. The van der Waals surface area contributed by atoms with Crippen molar-refractivity contribution >= 4 is 27.5 Å². The van der Waals surface area contributed by atoms with E-state index in [2.05, 4.69) is 5.32 Å². The second-order valence-electron chi connectivity index (χ2n) is 10.2. The van der Waals surface area contributed by atoms with E-state index in [9.17, 15) is 14.7 Å². The van der Waals surface area contributed by atoms with Crippen LogP contribution in [0.15, 0.2) is 41.5 Å². The molecule has 0 spiro atoms. The van der Waals surface area contributed by atoms with Crippen LogP contribution < -0.4 is 15.5 Å². The first-order valence-electron chi connectivity index (χ1n) is 12.9. The molecule has 11 heteroatoms. The van der Waals surface area contributed by atoms with Gasteiger partial charge in [0.15, 0.2) is 0 Å². The highest BCUT2D eigenvalue weighted by Crippen LogP contribution is 2.38. The molecule has 2 aromatic heterocycles. The number of thiophene rings is 1. The van der Waals surface area contributed by atoms with Gasteiger partial charge in [0.05, 0.1) is 30.0 Å². The number of ether oxygens (including phenoxy) is 4. The summed E-state index contributed by atoms with van der Waals surface area (Å²) in [6.07, 6.45) is 3.85. The third-order valence-corrected chi connectivity index (χ3v) is 8.66. The van der Waals surface area contributed by atoms with Gasteiger partial charge in [-0.25, -0.2) is 0 Å². The van der Waals surface area contributed by atoms with Crippen molar-refractivity contribution in [2.24, 2.45) is 0 Å². The topological polar surface area (TPSA) is 121 Å². The van der Waals surface area contributed by atoms with Crippen LogP contribution in [0.5, 0.6) is 5.75 Å². The molecule has 2 N–H and O–H groups in total. The number of carboxylic acids is 1. The van der Waals surface area contributed by atoms with Gasteiger partial charge in [0.25, 0.3) is 0 Å². The van der Waals surface area contributed by atoms with Crippen LogP contribution in [-0.4, -0.2) is 47.3 Å². The number of nitrogens with one attached hydrogen (secondary N) is 1. The molecule has 1 aromatic carbocycles. The third-order valence-electron chi connectivity index (χ3n) is 7.31. The van der Waals surface area contributed by atoms with Crippen molar-refractivity contribution < 1.29 is 28.8 Å². The van der Waals surface area contributed by atoms with Gasteiger partial charge in [0.1, 0.15) is 34.1 Å². The van der Waals surface area contributed by atoms with Gasteiger partial charge in [-0.3, -0.25) is 14.3 Å². The van der Waals surface area contributed by atoms with Crippen molar-refractivity contribution in [1.29, 1.82) is 0 Å². The number of rotatable bonds is 9. The Bertz CT molecular complexity index is 1450. The predicted molar refractivity (Wildman–Crippen MR) is 146 cm³/mol. The average Bonchev–Trinajstić information content (AvgIpc) is 3.58. The first-order chi connectivity index (χ1) is 18.7. The summed E-state index contributed by atoms with van der Waals surface area (Å²) in [6.45, 7) is 6.34. The Morgan fingerprint density at radius 1 is 1.31 bits per heavy atom. The van der Waals surface area contributed by atoms with Gasteiger partial charge < -0.3 is 29.4 Å². The standard InChI is InChI=1S/C28H33N3O7S/c1-16-21-22(32)24(28(2,3)27(33)34)30-31(26(21)39-23(16)25-29-11-14-37-25)15-20(38-17-9-12-36-13-10-17)18-7-5-6-8-19(18)35-4/h5-8,11,14,17,20,25,29H,9-10,12-13,15H2,1-4H3,(H,33,34). The molecule has 4 heterocycles. The number of aromatic nitrogens is 2. The summed E-state index contributed by atoms with van der Waals surface area (Å²) in [5.74, 6) is -0.452. The van der Waals surface area contributed by atoms with Crippen molar-refractivity contribution in [3.05, 3.63) is 68.6 Å². The highest BCUT2D eigenvalue weighted by molar-refractivity contribution is 7.19. The van der Waals surface area contributed by atoms with Gasteiger partial charge in [-0.15, -0.1) is 11.3 Å². The number of aliphatic carboxylic acids is 1. The molecule has 39 heavy (non-hydrogen) atoms. The molecule has 208 valence electrons. The number of fused-ring (bicyclic) bond motifs is 1. The van der Waals surface area contributed by atoms with E-state index in [1.807, 2.05) is 31.2 Å². The normalized spacial score (nSPS) is 18.6. The van der Waals surface area contributed by atoms with Crippen molar-refractivity contribution in [1.82, 2.24) is 15.1 Å². The van der Waals surface area contributed by atoms with Gasteiger partial charge in [-0.1, -0.05) is 18.2 Å². The van der Waals surface area contributed by atoms with Crippen LogP contribution in [0.25, 0.3) is 10.2 Å². The maximum absolute atomic E-state index is 13.8. The second kappa shape index (κ2) is 11.0. The van der Waals surface area contributed by atoms with E-state index >= 15 is 0 Å². The maximum atomic E-state index is 13.8. The number of carbonyl (C=O) groups is 1. The molecule has 0 bridgehead atoms. The molecule has 2 aliphatic rings. The Morgan fingerprint density at radius 2 is 2.05 bits per heavy atom. The fourth-order valence-corrected chi connectivity index (χ4v) is 6.21. The number of hydrogen-bond acceptors (Lipinski definition) is 9. The van der Waals surface area contributed by atoms with Gasteiger partial charge >= 0.3 is 5.97 Å². The summed E-state index contributed by atoms with van der Waals surface area (Å²) in [4.78, 5) is 27.5. The third kappa shape index (κ3) is 5.13. The highest BCUT2D eigenvalue weighted by Gasteiger charge is 2.37. The van der Waals surface area contributed by atoms with Crippen molar-refractivity contribution in [3.63, 3.8) is 0 Å². The van der Waals surface area contributed by atoms with E-state index in [1.54, 1.807) is 24.3 Å². The number of aryl methyl sites for hydroxylation is 1. The van der Waals surface area contributed by atoms with Crippen molar-refractivity contribution in [2.45, 2.75) is 64.0 Å². The Hall–Kier alpha value is -3.41. The van der Waals surface area contributed by atoms with Gasteiger partial charge in [0.2, 0.25) is 11.7 Å². The fraction of sp³-hybridized carbons (Fsp3) is 0.464. The Morgan fingerprint density at radius 3 is 2.72 bits per heavy atom. The summed E-state index contributed by atoms with van der Waals surface area (Å²) >= 11 is 1.40. The first kappa shape index (κ1) is 27.2. The maximum Gasteiger partial charge on any atom is 0.315 e. The van der Waals surface area contributed by atoms with Gasteiger partial charge in [-0.2, -0.15) is 5.10 Å². The molecule has 2 atom stereocenters. The smallest absolute Gasteiger partial charge is 0.315 e. The van der Waals surface area contributed by atoms with E-state index in [0.29, 0.717) is 29.2 Å². The fourth-order valence-electron chi connectivity index (χ4n) is 4.95. The van der Waals surface area contributed by atoms with E-state index < -0.39 is 29.1 Å². The van der Waals surface area contributed by atoms with Crippen LogP contribution in [0.1, 0.15) is 60.7 Å². The van der Waals surface area contributed by atoms with Crippen LogP contribution >= 0.6 is 11.3 Å². The van der Waals surface area contributed by atoms with E-state index in [1.165, 1.54) is 25.2 Å². The van der Waals surface area contributed by atoms with Crippen LogP contribution in [0, 0.1) is 6.92 Å². The molecule has 0 saturated carbocycles. The number of benzene rings is 1. The van der Waals surface area contributed by atoms with Crippen LogP contribution in [-0.2, 0) is 31.0 Å². The minimum absolute atomic E-state index is 0.0266. The highest BCUT2D eigenvalue weighted by atomic mass is 32.1. The molecule has 0 aliphatic carbocycles. The molecular formula is C28H33N3O7S. The van der Waals surface area contributed by atoms with Gasteiger partial charge in [-0.05, 0) is 45.2 Å². The zero-order valence-corrected chi connectivity index (χ0v) is 23.2. The summed E-state index contributed by atoms with van der Waals surface area (Å²) in [6, 6.07) is 7.66. The molecule has 1 fully saturated rings. The lowest BCUT2D eigenvalue weighted by Crippen LogP contribution is -2.37. The molecular weight excluding hydrogens is 522 g/mol. The largest absolute Gasteiger partial charge is 0.496 e. The monoisotopic (exact) mass is 555 g/mol. The molecule has 0 radical (unpaired) electrons. The number of methoxy groups -OCH3 is 1. The minimum atomic E-state index is -1.51. The average molecular weight is 556 g/mol. The minimum Gasteiger partial charge on any atom is -0.496 e. The van der Waals surface area contributed by atoms with Crippen LogP contribution in [0.4, 0.5) is 0 Å². The van der Waals surface area contributed by atoms with E-state index in [4.69, 9.17) is 24.0 Å². The zero-order valence-electron chi connectivity index (χ0n) is 22.4. The number of nitrogens with zero attached hydrogens (tertiary/aromatic N) is 2. The molecule has 0 amide bonds. The van der Waals surface area contributed by atoms with Gasteiger partial charge in [0, 0.05) is 25.0 Å². The molecule has 2 aliphatic heterocycles. The van der Waals surface area contributed by atoms with Crippen LogP contribution in [0.2, 0.25) is 0 Å². The molecule has 2 unspecified atom stereocenters. The quantitative estimate of drug-likeness (QED) is 0.401. The Kier molecular flexibility index (Phi) is 7.66. The van der Waals surface area contributed by atoms with Crippen LogP contribution in [0.3, 0.4) is 0 Å². The SMILES string of the molecule is COc1ccccc1C(Cn1nc(C(C)(C)C(=O)O)c(=O)c2c(C)c(C3NC=CO3)sc21)OC1CCOCC1. The lowest BCUT2D eigenvalue weighted by molar-refractivity contribution is -0.142. The Labute approximate surface area is 230 Å². The lowest BCUT2D eigenvalue weighted by Gasteiger charge is -2.29. The van der Waals surface area contributed by atoms with E-state index in [-0.39, 0.29) is 18.3 Å². The molecule has 1 saturated heterocycles. The molecule has 3 aromatic rings. The lowest BCUT2D eigenvalue weighted by atomic mass is 9.88. The van der Waals surface area contributed by atoms with Crippen molar-refractivity contribution in [3.8, 4) is 5.75 Å². The summed E-state index contributed by atoms with van der Waals surface area (Å²) < 4.78 is 25.3. The second-order valence-corrected chi connectivity index (χ2v) is 11.3. The zero-order chi connectivity index (χ0) is 27.7. The number of para-hydroxylation sites is 1. The summed E-state index contributed by atoms with van der Waals surface area (Å²) in [7, 11) is 1.62. The summed E-state index contributed by atoms with van der Waals surface area (Å²) in [5, 5.41) is 18.3. The first-order valence-corrected chi connectivity index (χ1v) is 13.7.